The Morgan fingerprint density at radius 2 is 1.56 bits per heavy atom. The molecule has 2 aromatic rings. The number of carbonyl (C=O) groups is 2. The number of nitrogens with zero attached hydrogens (tertiary/aromatic N) is 2. The van der Waals surface area contributed by atoms with Gasteiger partial charge in [-0.1, -0.05) is 30.7 Å². The van der Waals surface area contributed by atoms with E-state index in [2.05, 4.69) is 5.32 Å². The smallest absolute Gasteiger partial charge is 0.254 e. The molecular formula is C24H29N3O4S. The molecule has 32 heavy (non-hydrogen) atoms. The minimum absolute atomic E-state index is 0.160. The zero-order valence-electron chi connectivity index (χ0n) is 18.1. The summed E-state index contributed by atoms with van der Waals surface area (Å²) in [6.45, 7) is 1.57. The molecule has 2 amide bonds. The maximum atomic E-state index is 13.1. The summed E-state index contributed by atoms with van der Waals surface area (Å²) in [5.41, 5.74) is 0.979. The molecule has 0 aromatic heterocycles. The highest BCUT2D eigenvalue weighted by Crippen LogP contribution is 2.25. The van der Waals surface area contributed by atoms with E-state index in [1.54, 1.807) is 47.4 Å². The van der Waals surface area contributed by atoms with Gasteiger partial charge in [-0.3, -0.25) is 9.59 Å². The maximum Gasteiger partial charge on any atom is 0.254 e. The monoisotopic (exact) mass is 455 g/mol. The molecule has 2 aliphatic heterocycles. The van der Waals surface area contributed by atoms with Crippen LogP contribution in [0.25, 0.3) is 0 Å². The molecule has 0 saturated carbocycles. The lowest BCUT2D eigenvalue weighted by Gasteiger charge is -2.34. The third-order valence-electron chi connectivity index (χ3n) is 6.14. The molecule has 2 heterocycles. The summed E-state index contributed by atoms with van der Waals surface area (Å²) in [6, 6.07) is 14.8. The number of nitrogens with one attached hydrogen (secondary N) is 1. The molecule has 0 aliphatic carbocycles. The van der Waals surface area contributed by atoms with Crippen molar-refractivity contribution < 1.29 is 18.0 Å². The largest absolute Gasteiger partial charge is 0.327 e. The number of sulfonamides is 1. The van der Waals surface area contributed by atoms with Crippen molar-refractivity contribution in [2.45, 2.75) is 49.5 Å². The van der Waals surface area contributed by atoms with Gasteiger partial charge < -0.3 is 10.2 Å². The van der Waals surface area contributed by atoms with Gasteiger partial charge in [-0.15, -0.1) is 0 Å². The molecule has 2 fully saturated rings. The first-order valence-electron chi connectivity index (χ1n) is 11.2. The Morgan fingerprint density at radius 3 is 2.31 bits per heavy atom. The number of rotatable bonds is 5. The summed E-state index contributed by atoms with van der Waals surface area (Å²) in [7, 11) is -3.59. The van der Waals surface area contributed by atoms with E-state index in [9.17, 15) is 18.0 Å². The van der Waals surface area contributed by atoms with Gasteiger partial charge in [0.25, 0.3) is 5.91 Å². The van der Waals surface area contributed by atoms with Crippen molar-refractivity contribution in [3.63, 3.8) is 0 Å². The molecule has 0 unspecified atom stereocenters. The minimum atomic E-state index is -3.59. The predicted octanol–water partition coefficient (Wildman–Crippen LogP) is 3.49. The van der Waals surface area contributed by atoms with Crippen molar-refractivity contribution in [2.75, 3.05) is 25.0 Å². The Balaban J connectivity index is 1.50. The highest BCUT2D eigenvalue weighted by atomic mass is 32.2. The predicted molar refractivity (Wildman–Crippen MR) is 123 cm³/mol. The van der Waals surface area contributed by atoms with E-state index >= 15 is 0 Å². The molecule has 0 spiro atoms. The van der Waals surface area contributed by atoms with Crippen LogP contribution in [0, 0.1) is 0 Å². The average molecular weight is 456 g/mol. The Morgan fingerprint density at radius 1 is 0.844 bits per heavy atom. The van der Waals surface area contributed by atoms with Gasteiger partial charge >= 0.3 is 0 Å². The molecule has 2 saturated heterocycles. The van der Waals surface area contributed by atoms with Crippen LogP contribution in [0.1, 0.15) is 48.9 Å². The fourth-order valence-electron chi connectivity index (χ4n) is 4.41. The zero-order valence-corrected chi connectivity index (χ0v) is 18.9. The van der Waals surface area contributed by atoms with E-state index in [0.29, 0.717) is 37.3 Å². The quantitative estimate of drug-likeness (QED) is 0.748. The first-order valence-corrected chi connectivity index (χ1v) is 12.7. The summed E-state index contributed by atoms with van der Waals surface area (Å²) in [6.07, 6.45) is 5.06. The zero-order chi connectivity index (χ0) is 22.6. The Labute approximate surface area is 189 Å². The highest BCUT2D eigenvalue weighted by Gasteiger charge is 2.33. The molecule has 0 bridgehead atoms. The number of anilines is 1. The SMILES string of the molecule is O=C(Nc1cccc(S(=O)(=O)N2CCCCC2)c1)[C@@H]1CCCCN1C(=O)c1ccccc1. The summed E-state index contributed by atoms with van der Waals surface area (Å²) in [5.74, 6) is -0.451. The molecule has 2 aromatic carbocycles. The first-order chi connectivity index (χ1) is 15.5. The summed E-state index contributed by atoms with van der Waals surface area (Å²) >= 11 is 0. The van der Waals surface area contributed by atoms with E-state index in [-0.39, 0.29) is 16.7 Å². The average Bonchev–Trinajstić information content (AvgIpc) is 2.85. The van der Waals surface area contributed by atoms with Gasteiger partial charge in [-0.05, 0) is 62.4 Å². The van der Waals surface area contributed by atoms with E-state index in [4.69, 9.17) is 0 Å². The minimum Gasteiger partial charge on any atom is -0.327 e. The molecule has 170 valence electrons. The van der Waals surface area contributed by atoms with Crippen molar-refractivity contribution in [3.8, 4) is 0 Å². The number of hydrogen-bond acceptors (Lipinski definition) is 4. The van der Waals surface area contributed by atoms with E-state index < -0.39 is 16.1 Å². The lowest BCUT2D eigenvalue weighted by atomic mass is 10.00. The van der Waals surface area contributed by atoms with Crippen LogP contribution in [0.3, 0.4) is 0 Å². The first kappa shape index (κ1) is 22.5. The van der Waals surface area contributed by atoms with Crippen molar-refractivity contribution in [2.24, 2.45) is 0 Å². The third-order valence-corrected chi connectivity index (χ3v) is 8.04. The summed E-state index contributed by atoms with van der Waals surface area (Å²) in [5, 5.41) is 2.85. The van der Waals surface area contributed by atoms with Crippen LogP contribution in [-0.4, -0.2) is 55.1 Å². The van der Waals surface area contributed by atoms with Crippen LogP contribution in [0.2, 0.25) is 0 Å². The van der Waals surface area contributed by atoms with Gasteiger partial charge in [0.2, 0.25) is 15.9 Å². The maximum absolute atomic E-state index is 13.1. The molecule has 1 atom stereocenters. The summed E-state index contributed by atoms with van der Waals surface area (Å²) in [4.78, 5) is 27.9. The van der Waals surface area contributed by atoms with E-state index in [0.717, 1.165) is 32.1 Å². The van der Waals surface area contributed by atoms with Crippen LogP contribution in [0.4, 0.5) is 5.69 Å². The third kappa shape index (κ3) is 4.86. The molecule has 2 aliphatic rings. The Bertz CT molecular complexity index is 1070. The van der Waals surface area contributed by atoms with Crippen molar-refractivity contribution in [1.29, 1.82) is 0 Å². The lowest BCUT2D eigenvalue weighted by molar-refractivity contribution is -0.121. The second-order valence-corrected chi connectivity index (χ2v) is 10.3. The van der Waals surface area contributed by atoms with Gasteiger partial charge in [-0.2, -0.15) is 4.31 Å². The lowest BCUT2D eigenvalue weighted by Crippen LogP contribution is -2.50. The number of carbonyl (C=O) groups excluding carboxylic acids is 2. The van der Waals surface area contributed by atoms with Crippen molar-refractivity contribution in [3.05, 3.63) is 60.2 Å². The number of piperidine rings is 2. The number of hydrogen-bond donors (Lipinski definition) is 1. The fourth-order valence-corrected chi connectivity index (χ4v) is 5.97. The second kappa shape index (κ2) is 9.83. The van der Waals surface area contributed by atoms with Crippen LogP contribution >= 0.6 is 0 Å². The van der Waals surface area contributed by atoms with Crippen molar-refractivity contribution in [1.82, 2.24) is 9.21 Å². The van der Waals surface area contributed by atoms with Crippen LogP contribution in [-0.2, 0) is 14.8 Å². The van der Waals surface area contributed by atoms with Crippen molar-refractivity contribution >= 4 is 27.5 Å². The molecule has 8 heteroatoms. The van der Waals surface area contributed by atoms with Crippen LogP contribution < -0.4 is 5.32 Å². The highest BCUT2D eigenvalue weighted by molar-refractivity contribution is 7.89. The standard InChI is InChI=1S/C24H29N3O4S/c28-23(22-14-5-8-17-27(22)24(29)19-10-3-1-4-11-19)25-20-12-9-13-21(18-20)32(30,31)26-15-6-2-7-16-26/h1,3-4,9-13,18,22H,2,5-8,14-17H2,(H,25,28)/t22-/m0/s1. The van der Waals surface area contributed by atoms with E-state index in [1.807, 2.05) is 6.07 Å². The van der Waals surface area contributed by atoms with E-state index in [1.165, 1.54) is 10.4 Å². The summed E-state index contributed by atoms with van der Waals surface area (Å²) < 4.78 is 27.5. The molecule has 0 radical (unpaired) electrons. The molecular weight excluding hydrogens is 426 g/mol. The molecule has 4 rings (SSSR count). The second-order valence-electron chi connectivity index (χ2n) is 8.36. The van der Waals surface area contributed by atoms with Gasteiger partial charge in [0.05, 0.1) is 4.90 Å². The van der Waals surface area contributed by atoms with Crippen LogP contribution in [0.15, 0.2) is 59.5 Å². The molecule has 7 nitrogen and oxygen atoms in total. The number of amides is 2. The van der Waals surface area contributed by atoms with Crippen LogP contribution in [0.5, 0.6) is 0 Å². The van der Waals surface area contributed by atoms with Gasteiger partial charge in [0.15, 0.2) is 0 Å². The van der Waals surface area contributed by atoms with Gasteiger partial charge in [0, 0.05) is 30.9 Å². The fraction of sp³-hybridized carbons (Fsp3) is 0.417. The normalized spacial score (nSPS) is 20.0. The molecule has 1 N–H and O–H groups in total. The Hall–Kier alpha value is -2.71. The Kier molecular flexibility index (Phi) is 6.91. The van der Waals surface area contributed by atoms with Gasteiger partial charge in [-0.25, -0.2) is 8.42 Å². The number of likely N-dealkylation sites (tertiary alicyclic amines) is 1. The number of benzene rings is 2. The topological polar surface area (TPSA) is 86.8 Å². The van der Waals surface area contributed by atoms with Gasteiger partial charge in [0.1, 0.15) is 6.04 Å².